The molecule has 0 atom stereocenters. The predicted molar refractivity (Wildman–Crippen MR) is 81.8 cm³/mol. The summed E-state index contributed by atoms with van der Waals surface area (Å²) in [5.74, 6) is -0.365. The number of nitrogens with zero attached hydrogens (tertiary/aromatic N) is 1. The molecule has 112 valence electrons. The van der Waals surface area contributed by atoms with Gasteiger partial charge in [0.1, 0.15) is 0 Å². The quantitative estimate of drug-likeness (QED) is 0.766. The smallest absolute Gasteiger partial charge is 0.243 e. The van der Waals surface area contributed by atoms with Crippen molar-refractivity contribution in [3.63, 3.8) is 0 Å². The number of likely N-dealkylation sites (N-methyl/N-ethyl adjacent to an activating group) is 2. The van der Waals surface area contributed by atoms with Gasteiger partial charge in [0, 0.05) is 23.8 Å². The van der Waals surface area contributed by atoms with Crippen LogP contribution in [0.1, 0.15) is 12.5 Å². The van der Waals surface area contributed by atoms with Crippen molar-refractivity contribution in [1.29, 1.82) is 0 Å². The third-order valence-electron chi connectivity index (χ3n) is 2.93. The lowest BCUT2D eigenvalue weighted by molar-refractivity contribution is -0.120. The highest BCUT2D eigenvalue weighted by Gasteiger charge is 2.27. The minimum atomic E-state index is -3.77. The summed E-state index contributed by atoms with van der Waals surface area (Å²) in [4.78, 5) is 11.5. The Morgan fingerprint density at radius 2 is 2.05 bits per heavy atom. The fourth-order valence-corrected chi connectivity index (χ4v) is 4.00. The Hall–Kier alpha value is -1.12. The molecule has 1 aromatic carbocycles. The van der Waals surface area contributed by atoms with Crippen LogP contribution < -0.4 is 11.1 Å². The van der Waals surface area contributed by atoms with Crippen molar-refractivity contribution < 1.29 is 13.2 Å². The summed E-state index contributed by atoms with van der Waals surface area (Å²) < 4.78 is 26.9. The van der Waals surface area contributed by atoms with Crippen molar-refractivity contribution in [2.75, 3.05) is 25.9 Å². The second kappa shape index (κ2) is 6.55. The Balaban J connectivity index is 3.31. The maximum Gasteiger partial charge on any atom is 0.243 e. The van der Waals surface area contributed by atoms with E-state index in [2.05, 4.69) is 21.2 Å². The molecule has 0 bridgehead atoms. The molecule has 0 saturated heterocycles. The van der Waals surface area contributed by atoms with Crippen LogP contribution in [0.15, 0.2) is 21.5 Å². The Bertz CT molecular complexity index is 617. The zero-order valence-electron chi connectivity index (χ0n) is 11.6. The van der Waals surface area contributed by atoms with Crippen LogP contribution in [-0.2, 0) is 14.8 Å². The van der Waals surface area contributed by atoms with Gasteiger partial charge in [-0.3, -0.25) is 4.79 Å². The number of rotatable bonds is 5. The number of hydrogen-bond donors (Lipinski definition) is 2. The van der Waals surface area contributed by atoms with Crippen LogP contribution in [0.4, 0.5) is 5.69 Å². The zero-order chi connectivity index (χ0) is 15.5. The largest absolute Gasteiger partial charge is 0.398 e. The van der Waals surface area contributed by atoms with E-state index in [0.717, 1.165) is 4.31 Å². The van der Waals surface area contributed by atoms with E-state index in [4.69, 9.17) is 5.73 Å². The topological polar surface area (TPSA) is 92.5 Å². The highest BCUT2D eigenvalue weighted by Crippen LogP contribution is 2.28. The van der Waals surface area contributed by atoms with E-state index in [9.17, 15) is 13.2 Å². The summed E-state index contributed by atoms with van der Waals surface area (Å²) in [6.07, 6.45) is 0. The number of carbonyl (C=O) groups is 1. The number of carbonyl (C=O) groups excluding carboxylic acids is 1. The molecule has 0 heterocycles. The third-order valence-corrected chi connectivity index (χ3v) is 5.44. The molecule has 0 fully saturated rings. The molecule has 0 aliphatic carbocycles. The summed E-state index contributed by atoms with van der Waals surface area (Å²) in [5.41, 5.74) is 6.65. The molecule has 0 aliphatic rings. The van der Waals surface area contributed by atoms with Crippen LogP contribution in [0.5, 0.6) is 0 Å². The number of anilines is 1. The van der Waals surface area contributed by atoms with Crippen LogP contribution in [0, 0.1) is 6.92 Å². The minimum absolute atomic E-state index is 0.107. The second-order valence-corrected chi connectivity index (χ2v) is 7.04. The lowest BCUT2D eigenvalue weighted by Gasteiger charge is -2.21. The van der Waals surface area contributed by atoms with Crippen molar-refractivity contribution in [2.24, 2.45) is 0 Å². The zero-order valence-corrected chi connectivity index (χ0v) is 14.0. The third kappa shape index (κ3) is 3.50. The maximum atomic E-state index is 12.6. The van der Waals surface area contributed by atoms with Gasteiger partial charge < -0.3 is 11.1 Å². The molecule has 3 N–H and O–H groups in total. The molecule has 0 unspecified atom stereocenters. The molecule has 0 radical (unpaired) electrons. The van der Waals surface area contributed by atoms with Gasteiger partial charge in [0.2, 0.25) is 15.9 Å². The number of nitrogens with two attached hydrogens (primary N) is 1. The van der Waals surface area contributed by atoms with Gasteiger partial charge in [-0.1, -0.05) is 22.9 Å². The Morgan fingerprint density at radius 1 is 1.45 bits per heavy atom. The molecular weight excluding hydrogens is 346 g/mol. The first-order chi connectivity index (χ1) is 9.23. The van der Waals surface area contributed by atoms with Crippen molar-refractivity contribution in [2.45, 2.75) is 18.7 Å². The summed E-state index contributed by atoms with van der Waals surface area (Å²) in [7, 11) is -2.31. The van der Waals surface area contributed by atoms with Crippen LogP contribution in [-0.4, -0.2) is 38.8 Å². The van der Waals surface area contributed by atoms with Gasteiger partial charge in [-0.25, -0.2) is 8.42 Å². The van der Waals surface area contributed by atoms with Crippen LogP contribution in [0.25, 0.3) is 0 Å². The van der Waals surface area contributed by atoms with Crippen molar-refractivity contribution in [1.82, 2.24) is 9.62 Å². The van der Waals surface area contributed by atoms with E-state index in [1.54, 1.807) is 19.9 Å². The van der Waals surface area contributed by atoms with Gasteiger partial charge in [-0.05, 0) is 24.6 Å². The molecule has 0 spiro atoms. The number of hydrogen-bond acceptors (Lipinski definition) is 4. The lowest BCUT2D eigenvalue weighted by Crippen LogP contribution is -2.39. The maximum absolute atomic E-state index is 12.6. The molecule has 0 aromatic heterocycles. The fourth-order valence-electron chi connectivity index (χ4n) is 1.69. The summed E-state index contributed by atoms with van der Waals surface area (Å²) in [6.45, 7) is 3.29. The van der Waals surface area contributed by atoms with E-state index in [-0.39, 0.29) is 23.9 Å². The van der Waals surface area contributed by atoms with Crippen molar-refractivity contribution >= 4 is 37.5 Å². The van der Waals surface area contributed by atoms with Crippen LogP contribution in [0.3, 0.4) is 0 Å². The van der Waals surface area contributed by atoms with E-state index >= 15 is 0 Å². The molecule has 1 aromatic rings. The van der Waals surface area contributed by atoms with Gasteiger partial charge in [0.15, 0.2) is 0 Å². The van der Waals surface area contributed by atoms with E-state index < -0.39 is 10.0 Å². The highest BCUT2D eigenvalue weighted by molar-refractivity contribution is 9.10. The second-order valence-electron chi connectivity index (χ2n) is 4.22. The molecule has 0 aliphatic heterocycles. The van der Waals surface area contributed by atoms with Gasteiger partial charge in [0.05, 0.1) is 11.4 Å². The number of nitrogens with one attached hydrogen (secondary N) is 1. The molecule has 6 nitrogen and oxygen atoms in total. The first kappa shape index (κ1) is 16.9. The van der Waals surface area contributed by atoms with E-state index in [0.29, 0.717) is 15.7 Å². The summed E-state index contributed by atoms with van der Waals surface area (Å²) in [5, 5.41) is 2.41. The first-order valence-electron chi connectivity index (χ1n) is 6.00. The monoisotopic (exact) mass is 363 g/mol. The standard InChI is InChI=1S/C12H18BrN3O3S/c1-4-16(7-12(17)15-3)20(18,19)11-6-9(13)5-10(14)8(11)2/h5-6H,4,7,14H2,1-3H3,(H,15,17). The lowest BCUT2D eigenvalue weighted by atomic mass is 10.2. The van der Waals surface area contributed by atoms with E-state index in [1.165, 1.54) is 13.1 Å². The van der Waals surface area contributed by atoms with Crippen molar-refractivity contribution in [3.8, 4) is 0 Å². The van der Waals surface area contributed by atoms with Crippen molar-refractivity contribution in [3.05, 3.63) is 22.2 Å². The molecule has 8 heteroatoms. The Kier molecular flexibility index (Phi) is 5.55. The van der Waals surface area contributed by atoms with Gasteiger partial charge in [-0.2, -0.15) is 4.31 Å². The fraction of sp³-hybridized carbons (Fsp3) is 0.417. The first-order valence-corrected chi connectivity index (χ1v) is 8.23. The highest BCUT2D eigenvalue weighted by atomic mass is 79.9. The normalized spacial score (nSPS) is 11.7. The number of sulfonamides is 1. The number of amides is 1. The number of benzene rings is 1. The average molecular weight is 364 g/mol. The Labute approximate surface area is 127 Å². The molecule has 1 rings (SSSR count). The van der Waals surface area contributed by atoms with E-state index in [1.807, 2.05) is 0 Å². The summed E-state index contributed by atoms with van der Waals surface area (Å²) >= 11 is 3.23. The van der Waals surface area contributed by atoms with Gasteiger partial charge >= 0.3 is 0 Å². The van der Waals surface area contributed by atoms with Gasteiger partial charge in [0.25, 0.3) is 0 Å². The summed E-state index contributed by atoms with van der Waals surface area (Å²) in [6, 6.07) is 3.14. The Morgan fingerprint density at radius 3 is 2.55 bits per heavy atom. The molecule has 0 saturated carbocycles. The molecule has 1 amide bonds. The molecule has 20 heavy (non-hydrogen) atoms. The average Bonchev–Trinajstić information content (AvgIpc) is 2.39. The number of halogens is 1. The SMILES string of the molecule is CCN(CC(=O)NC)S(=O)(=O)c1cc(Br)cc(N)c1C. The van der Waals surface area contributed by atoms with Crippen LogP contribution in [0.2, 0.25) is 0 Å². The number of nitrogen functional groups attached to an aromatic ring is 1. The minimum Gasteiger partial charge on any atom is -0.398 e. The molecular formula is C12H18BrN3O3S. The van der Waals surface area contributed by atoms with Crippen LogP contribution >= 0.6 is 15.9 Å². The predicted octanol–water partition coefficient (Wildman–Crippen LogP) is 1.10. The van der Waals surface area contributed by atoms with Gasteiger partial charge in [-0.15, -0.1) is 0 Å².